The first-order valence-electron chi connectivity index (χ1n) is 11.2. The summed E-state index contributed by atoms with van der Waals surface area (Å²) in [5, 5.41) is 8.13. The van der Waals surface area contributed by atoms with Crippen molar-refractivity contribution in [3.63, 3.8) is 0 Å². The van der Waals surface area contributed by atoms with Crippen LogP contribution in [-0.4, -0.2) is 74.7 Å². The van der Waals surface area contributed by atoms with E-state index < -0.39 is 11.7 Å². The van der Waals surface area contributed by atoms with Crippen LogP contribution in [0.3, 0.4) is 0 Å². The molecule has 0 saturated heterocycles. The number of rotatable bonds is 4. The summed E-state index contributed by atoms with van der Waals surface area (Å²) in [7, 11) is 1.71. The summed E-state index contributed by atoms with van der Waals surface area (Å²) in [5.41, 5.74) is 0.298. The van der Waals surface area contributed by atoms with Crippen molar-refractivity contribution in [3.8, 4) is 0 Å². The number of hydrogen-bond acceptors (Lipinski definition) is 6. The summed E-state index contributed by atoms with van der Waals surface area (Å²) in [6.07, 6.45) is 3.09. The van der Waals surface area contributed by atoms with E-state index >= 15 is 0 Å². The fourth-order valence-electron chi connectivity index (χ4n) is 3.55. The number of amides is 2. The van der Waals surface area contributed by atoms with Crippen LogP contribution in [0.4, 0.5) is 4.79 Å². The van der Waals surface area contributed by atoms with E-state index in [0.29, 0.717) is 39.1 Å². The predicted molar refractivity (Wildman–Crippen MR) is 117 cm³/mol. The quantitative estimate of drug-likeness (QED) is 0.719. The van der Waals surface area contributed by atoms with Gasteiger partial charge < -0.3 is 19.3 Å². The van der Waals surface area contributed by atoms with Gasteiger partial charge in [0.05, 0.1) is 31.1 Å². The molecule has 1 aliphatic heterocycles. The van der Waals surface area contributed by atoms with Gasteiger partial charge in [0.25, 0.3) is 0 Å². The number of carbonyl (C=O) groups excluding carboxylic acids is 2. The van der Waals surface area contributed by atoms with Crippen molar-refractivity contribution >= 4 is 12.0 Å². The van der Waals surface area contributed by atoms with Gasteiger partial charge in [-0.2, -0.15) is 0 Å². The van der Waals surface area contributed by atoms with E-state index in [1.54, 1.807) is 22.8 Å². The van der Waals surface area contributed by atoms with Crippen LogP contribution in [0.1, 0.15) is 66.5 Å². The Balaban J connectivity index is 2.23. The SMILES string of the molecule is CCC(C)N1CC(C)C(CN(C)C(=O)OC(C)(C)C)OCc2cnnn2CCCC1=O. The number of fused-ring (bicyclic) bond motifs is 1. The lowest BCUT2D eigenvalue weighted by atomic mass is 10.0. The van der Waals surface area contributed by atoms with Crippen molar-refractivity contribution < 1.29 is 19.1 Å². The molecule has 0 bridgehead atoms. The van der Waals surface area contributed by atoms with E-state index in [1.165, 1.54) is 0 Å². The Kier molecular flexibility index (Phi) is 8.85. The molecule has 31 heavy (non-hydrogen) atoms. The van der Waals surface area contributed by atoms with Crippen LogP contribution in [0, 0.1) is 5.92 Å². The van der Waals surface area contributed by atoms with Gasteiger partial charge in [0, 0.05) is 38.5 Å². The van der Waals surface area contributed by atoms with Crippen molar-refractivity contribution in [3.05, 3.63) is 11.9 Å². The second-order valence-corrected chi connectivity index (χ2v) is 9.54. The molecular weight excluding hydrogens is 398 g/mol. The summed E-state index contributed by atoms with van der Waals surface area (Å²) < 4.78 is 13.6. The Morgan fingerprint density at radius 3 is 2.77 bits per heavy atom. The monoisotopic (exact) mass is 437 g/mol. The minimum absolute atomic E-state index is 0.0200. The van der Waals surface area contributed by atoms with Crippen LogP contribution in [-0.2, 0) is 27.4 Å². The van der Waals surface area contributed by atoms with Gasteiger partial charge in [-0.15, -0.1) is 5.10 Å². The third kappa shape index (κ3) is 7.48. The molecule has 0 fully saturated rings. The first-order chi connectivity index (χ1) is 14.5. The molecular formula is C22H39N5O4. The zero-order valence-corrected chi connectivity index (χ0v) is 20.1. The molecule has 0 spiro atoms. The average molecular weight is 438 g/mol. The summed E-state index contributed by atoms with van der Waals surface area (Å²) in [6, 6.07) is 0.143. The average Bonchev–Trinajstić information content (AvgIpc) is 3.13. The van der Waals surface area contributed by atoms with Gasteiger partial charge >= 0.3 is 6.09 Å². The lowest BCUT2D eigenvalue weighted by Crippen LogP contribution is -2.47. The fraction of sp³-hybridized carbons (Fsp3) is 0.818. The number of nitrogens with zero attached hydrogens (tertiary/aromatic N) is 5. The van der Waals surface area contributed by atoms with Gasteiger partial charge in [0.15, 0.2) is 0 Å². The van der Waals surface area contributed by atoms with Crippen LogP contribution in [0.15, 0.2) is 6.20 Å². The topological polar surface area (TPSA) is 89.8 Å². The lowest BCUT2D eigenvalue weighted by Gasteiger charge is -2.36. The van der Waals surface area contributed by atoms with E-state index in [-0.39, 0.29) is 24.0 Å². The Morgan fingerprint density at radius 2 is 2.13 bits per heavy atom. The fourth-order valence-corrected chi connectivity index (χ4v) is 3.55. The highest BCUT2D eigenvalue weighted by atomic mass is 16.6. The molecule has 176 valence electrons. The molecule has 0 aliphatic carbocycles. The maximum atomic E-state index is 13.0. The molecule has 3 unspecified atom stereocenters. The first-order valence-corrected chi connectivity index (χ1v) is 11.2. The Morgan fingerprint density at radius 1 is 1.42 bits per heavy atom. The molecule has 2 amide bonds. The zero-order valence-electron chi connectivity index (χ0n) is 20.1. The van der Waals surface area contributed by atoms with Gasteiger partial charge in [-0.3, -0.25) is 4.79 Å². The molecule has 0 aromatic carbocycles. The third-order valence-electron chi connectivity index (χ3n) is 5.63. The second-order valence-electron chi connectivity index (χ2n) is 9.54. The highest BCUT2D eigenvalue weighted by molar-refractivity contribution is 5.76. The van der Waals surface area contributed by atoms with Crippen molar-refractivity contribution in [1.29, 1.82) is 0 Å². The Bertz CT molecular complexity index is 730. The van der Waals surface area contributed by atoms with Gasteiger partial charge in [-0.25, -0.2) is 9.48 Å². The van der Waals surface area contributed by atoms with Crippen molar-refractivity contribution in [1.82, 2.24) is 24.8 Å². The van der Waals surface area contributed by atoms with Gasteiger partial charge in [0.2, 0.25) is 5.91 Å². The number of aromatic nitrogens is 3. The number of hydrogen-bond donors (Lipinski definition) is 0. The van der Waals surface area contributed by atoms with E-state index in [9.17, 15) is 9.59 Å². The predicted octanol–water partition coefficient (Wildman–Crippen LogP) is 3.09. The molecule has 2 rings (SSSR count). The molecule has 0 saturated carbocycles. The van der Waals surface area contributed by atoms with E-state index in [4.69, 9.17) is 9.47 Å². The van der Waals surface area contributed by atoms with E-state index in [2.05, 4.69) is 31.1 Å². The standard InChI is InChI=1S/C22H39N5O4/c1-8-17(3)26-13-16(2)19(14-25(7)21(29)31-22(4,5)6)30-15-18-12-23-24-27(18)11-9-10-20(26)28/h12,16-17,19H,8-11,13-15H2,1-7H3. The van der Waals surface area contributed by atoms with Crippen LogP contribution >= 0.6 is 0 Å². The van der Waals surface area contributed by atoms with Crippen molar-refractivity contribution in [2.45, 2.75) is 91.7 Å². The first kappa shape index (κ1) is 25.1. The smallest absolute Gasteiger partial charge is 0.410 e. The largest absolute Gasteiger partial charge is 0.444 e. The van der Waals surface area contributed by atoms with Crippen molar-refractivity contribution in [2.75, 3.05) is 20.1 Å². The zero-order chi connectivity index (χ0) is 23.2. The second kappa shape index (κ2) is 10.9. The minimum Gasteiger partial charge on any atom is -0.444 e. The van der Waals surface area contributed by atoms with E-state index in [0.717, 1.165) is 12.1 Å². The maximum absolute atomic E-state index is 13.0. The molecule has 1 aromatic rings. The number of likely N-dealkylation sites (N-methyl/N-ethyl adjacent to an activating group) is 1. The molecule has 9 heteroatoms. The summed E-state index contributed by atoms with van der Waals surface area (Å²) in [6.45, 7) is 13.7. The lowest BCUT2D eigenvalue weighted by molar-refractivity contribution is -0.135. The summed E-state index contributed by atoms with van der Waals surface area (Å²) >= 11 is 0. The Hall–Kier alpha value is -2.16. The third-order valence-corrected chi connectivity index (χ3v) is 5.63. The highest BCUT2D eigenvalue weighted by Gasteiger charge is 2.30. The normalized spacial score (nSPS) is 22.2. The van der Waals surface area contributed by atoms with Gasteiger partial charge in [0.1, 0.15) is 5.60 Å². The molecule has 1 aromatic heterocycles. The summed E-state index contributed by atoms with van der Waals surface area (Å²) in [4.78, 5) is 29.0. The van der Waals surface area contributed by atoms with Crippen molar-refractivity contribution in [2.24, 2.45) is 5.92 Å². The van der Waals surface area contributed by atoms with Crippen LogP contribution in [0.5, 0.6) is 0 Å². The molecule has 9 nitrogen and oxygen atoms in total. The Labute approximate surface area is 186 Å². The maximum Gasteiger partial charge on any atom is 0.410 e. The molecule has 0 radical (unpaired) electrons. The van der Waals surface area contributed by atoms with E-state index in [1.807, 2.05) is 25.7 Å². The minimum atomic E-state index is -0.567. The van der Waals surface area contributed by atoms with Crippen LogP contribution in [0.2, 0.25) is 0 Å². The number of aryl methyl sites for hydroxylation is 1. The molecule has 2 heterocycles. The number of carbonyl (C=O) groups is 2. The molecule has 3 atom stereocenters. The van der Waals surface area contributed by atoms with Gasteiger partial charge in [-0.1, -0.05) is 19.1 Å². The molecule has 0 N–H and O–H groups in total. The number of ether oxygens (including phenoxy) is 2. The van der Waals surface area contributed by atoms with Crippen LogP contribution < -0.4 is 0 Å². The highest BCUT2D eigenvalue weighted by Crippen LogP contribution is 2.19. The van der Waals surface area contributed by atoms with Crippen LogP contribution in [0.25, 0.3) is 0 Å². The summed E-state index contributed by atoms with van der Waals surface area (Å²) in [5.74, 6) is 0.161. The van der Waals surface area contributed by atoms with Gasteiger partial charge in [-0.05, 0) is 40.5 Å². The molecule has 1 aliphatic rings.